The van der Waals surface area contributed by atoms with E-state index in [0.29, 0.717) is 34.6 Å². The van der Waals surface area contributed by atoms with Crippen molar-refractivity contribution >= 4 is 29.2 Å². The van der Waals surface area contributed by atoms with Gasteiger partial charge in [0, 0.05) is 29.9 Å². The fourth-order valence-corrected chi connectivity index (χ4v) is 3.75. The number of hydrogen-bond donors (Lipinski definition) is 2. The summed E-state index contributed by atoms with van der Waals surface area (Å²) in [6, 6.07) is 16.4. The van der Waals surface area contributed by atoms with Gasteiger partial charge >= 0.3 is 0 Å². The summed E-state index contributed by atoms with van der Waals surface area (Å²) in [6.07, 6.45) is 3.98. The molecule has 1 aromatic heterocycles. The van der Waals surface area contributed by atoms with Crippen LogP contribution in [0.15, 0.2) is 60.8 Å². The minimum absolute atomic E-state index is 0.294. The van der Waals surface area contributed by atoms with Crippen LogP contribution in [0.4, 0.5) is 5.82 Å². The largest absolute Gasteiger partial charge is 0.488 e. The van der Waals surface area contributed by atoms with Gasteiger partial charge in [-0.1, -0.05) is 41.9 Å². The number of carbonyl (C=O) groups is 1. The van der Waals surface area contributed by atoms with Gasteiger partial charge in [-0.15, -0.1) is 0 Å². The number of rotatable bonds is 6. The first-order valence-electron chi connectivity index (χ1n) is 10.6. The molecule has 164 valence electrons. The van der Waals surface area contributed by atoms with E-state index in [-0.39, 0.29) is 5.91 Å². The number of aryl methyl sites for hydroxylation is 1. The van der Waals surface area contributed by atoms with Crippen LogP contribution >= 0.6 is 11.6 Å². The number of nitrogens with one attached hydrogen (secondary N) is 2. The van der Waals surface area contributed by atoms with Crippen LogP contribution in [-0.2, 0) is 6.61 Å². The zero-order chi connectivity index (χ0) is 22.5. The quantitative estimate of drug-likeness (QED) is 0.396. The number of nitrogens with zero attached hydrogens (tertiary/aromatic N) is 2. The summed E-state index contributed by atoms with van der Waals surface area (Å²) in [6.45, 7) is 4.12. The van der Waals surface area contributed by atoms with E-state index in [1.165, 1.54) is 0 Å². The van der Waals surface area contributed by atoms with Crippen LogP contribution in [0.5, 0.6) is 5.75 Å². The fraction of sp³-hybridized carbons (Fsp3) is 0.240. The van der Waals surface area contributed by atoms with E-state index in [2.05, 4.69) is 15.2 Å². The maximum absolute atomic E-state index is 12.8. The van der Waals surface area contributed by atoms with Crippen molar-refractivity contribution in [3.8, 4) is 5.75 Å². The van der Waals surface area contributed by atoms with E-state index >= 15 is 0 Å². The highest BCUT2D eigenvalue weighted by atomic mass is 35.5. The van der Waals surface area contributed by atoms with E-state index in [4.69, 9.17) is 21.7 Å². The van der Waals surface area contributed by atoms with Crippen molar-refractivity contribution in [1.82, 2.24) is 9.88 Å². The van der Waals surface area contributed by atoms with Crippen molar-refractivity contribution in [2.75, 3.05) is 18.4 Å². The highest BCUT2D eigenvalue weighted by Crippen LogP contribution is 2.25. The molecule has 2 heterocycles. The number of pyridine rings is 1. The van der Waals surface area contributed by atoms with Crippen LogP contribution in [0.25, 0.3) is 0 Å². The van der Waals surface area contributed by atoms with Gasteiger partial charge in [-0.25, -0.2) is 4.98 Å². The van der Waals surface area contributed by atoms with E-state index in [1.54, 1.807) is 30.5 Å². The third kappa shape index (κ3) is 5.26. The Kier molecular flexibility index (Phi) is 6.71. The van der Waals surface area contributed by atoms with Crippen LogP contribution in [0.2, 0.25) is 5.02 Å². The fourth-order valence-electron chi connectivity index (χ4n) is 3.57. The van der Waals surface area contributed by atoms with Gasteiger partial charge in [-0.3, -0.25) is 10.2 Å². The zero-order valence-corrected chi connectivity index (χ0v) is 18.7. The summed E-state index contributed by atoms with van der Waals surface area (Å²) >= 11 is 6.13. The van der Waals surface area contributed by atoms with Crippen LogP contribution < -0.4 is 10.1 Å². The lowest BCUT2D eigenvalue weighted by molar-refractivity contribution is 0.102. The van der Waals surface area contributed by atoms with Crippen LogP contribution in [0.1, 0.15) is 39.9 Å². The summed E-state index contributed by atoms with van der Waals surface area (Å²) in [5, 5.41) is 11.6. The molecule has 0 atom stereocenters. The van der Waals surface area contributed by atoms with E-state index in [0.717, 1.165) is 42.6 Å². The molecular weight excluding hydrogens is 424 g/mol. The van der Waals surface area contributed by atoms with Gasteiger partial charge in [0.2, 0.25) is 0 Å². The summed E-state index contributed by atoms with van der Waals surface area (Å²) in [7, 11) is 0. The third-order valence-electron chi connectivity index (χ3n) is 5.38. The van der Waals surface area contributed by atoms with Crippen molar-refractivity contribution in [3.63, 3.8) is 0 Å². The minimum Gasteiger partial charge on any atom is -0.488 e. The normalized spacial score (nSPS) is 13.1. The Morgan fingerprint density at radius 3 is 2.56 bits per heavy atom. The molecule has 2 N–H and O–H groups in total. The van der Waals surface area contributed by atoms with Crippen LogP contribution in [0, 0.1) is 12.3 Å². The number of hydrogen-bond acceptors (Lipinski definition) is 4. The molecule has 3 aromatic rings. The third-order valence-corrected chi connectivity index (χ3v) is 5.62. The first-order chi connectivity index (χ1) is 15.5. The van der Waals surface area contributed by atoms with E-state index in [1.807, 2.05) is 37.3 Å². The number of likely N-dealkylation sites (tertiary alicyclic amines) is 1. The zero-order valence-electron chi connectivity index (χ0n) is 17.9. The maximum Gasteiger partial charge on any atom is 0.260 e. The van der Waals surface area contributed by atoms with Crippen molar-refractivity contribution in [1.29, 1.82) is 5.41 Å². The van der Waals surface area contributed by atoms with Crippen LogP contribution in [0.3, 0.4) is 0 Å². The lowest BCUT2D eigenvalue weighted by Gasteiger charge is -2.18. The smallest absolute Gasteiger partial charge is 0.260 e. The molecule has 1 amide bonds. The molecular formula is C25H25ClN4O2. The van der Waals surface area contributed by atoms with Gasteiger partial charge in [-0.2, -0.15) is 0 Å². The Balaban J connectivity index is 1.43. The molecule has 32 heavy (non-hydrogen) atoms. The molecule has 0 spiro atoms. The number of amidine groups is 1. The Morgan fingerprint density at radius 1 is 1.12 bits per heavy atom. The second-order valence-corrected chi connectivity index (χ2v) is 8.28. The molecule has 1 fully saturated rings. The molecule has 1 aliphatic heterocycles. The first-order valence-corrected chi connectivity index (χ1v) is 11.0. The first kappa shape index (κ1) is 21.8. The molecule has 1 saturated heterocycles. The van der Waals surface area contributed by atoms with Gasteiger partial charge in [0.25, 0.3) is 5.91 Å². The Bertz CT molecular complexity index is 1110. The highest BCUT2D eigenvalue weighted by Gasteiger charge is 2.17. The summed E-state index contributed by atoms with van der Waals surface area (Å²) < 4.78 is 5.95. The number of halogens is 1. The summed E-state index contributed by atoms with van der Waals surface area (Å²) in [5.41, 5.74) is 3.20. The molecule has 4 rings (SSSR count). The molecule has 2 aromatic carbocycles. The lowest BCUT2D eigenvalue weighted by Crippen LogP contribution is -2.27. The van der Waals surface area contributed by atoms with Gasteiger partial charge in [-0.05, 0) is 55.2 Å². The number of amides is 1. The van der Waals surface area contributed by atoms with Gasteiger partial charge in [0.1, 0.15) is 24.0 Å². The molecule has 0 saturated carbocycles. The van der Waals surface area contributed by atoms with Gasteiger partial charge < -0.3 is 15.0 Å². The monoisotopic (exact) mass is 448 g/mol. The second kappa shape index (κ2) is 9.83. The van der Waals surface area contributed by atoms with Gasteiger partial charge in [0.15, 0.2) is 0 Å². The lowest BCUT2D eigenvalue weighted by atomic mass is 10.1. The van der Waals surface area contributed by atoms with Crippen molar-refractivity contribution in [3.05, 3.63) is 88.1 Å². The number of carbonyl (C=O) groups excluding carboxylic acids is 1. The predicted octanol–water partition coefficient (Wildman–Crippen LogP) is 5.30. The summed E-state index contributed by atoms with van der Waals surface area (Å²) in [4.78, 5) is 19.1. The summed E-state index contributed by atoms with van der Waals surface area (Å²) in [5.74, 6) is 1.13. The number of aromatic nitrogens is 1. The topological polar surface area (TPSA) is 78.3 Å². The number of ether oxygens (including phenoxy) is 1. The number of anilines is 1. The molecule has 1 aliphatic rings. The minimum atomic E-state index is -0.340. The Morgan fingerprint density at radius 2 is 1.88 bits per heavy atom. The molecule has 0 bridgehead atoms. The number of benzene rings is 2. The van der Waals surface area contributed by atoms with Crippen molar-refractivity contribution < 1.29 is 9.53 Å². The predicted molar refractivity (Wildman–Crippen MR) is 127 cm³/mol. The van der Waals surface area contributed by atoms with Crippen molar-refractivity contribution in [2.24, 2.45) is 0 Å². The van der Waals surface area contributed by atoms with Gasteiger partial charge in [0.05, 0.1) is 5.56 Å². The molecule has 0 radical (unpaired) electrons. The molecule has 7 heteroatoms. The molecule has 6 nitrogen and oxygen atoms in total. The van der Waals surface area contributed by atoms with E-state index in [9.17, 15) is 4.79 Å². The molecule has 0 unspecified atom stereocenters. The second-order valence-electron chi connectivity index (χ2n) is 7.84. The standard InChI is InChI=1S/C25H25ClN4O2/c1-17-4-11-23(28-15-17)29-25(31)21-14-20(26)9-10-22(21)32-16-18-5-7-19(8-6-18)24(27)30-12-2-3-13-30/h4-11,14-15,27H,2-3,12-13,16H2,1H3,(H,28,29,31). The van der Waals surface area contributed by atoms with E-state index < -0.39 is 0 Å². The Hall–Kier alpha value is -3.38. The van der Waals surface area contributed by atoms with Crippen molar-refractivity contribution in [2.45, 2.75) is 26.4 Å². The average molecular weight is 449 g/mol. The highest BCUT2D eigenvalue weighted by molar-refractivity contribution is 6.31. The maximum atomic E-state index is 12.8. The SMILES string of the molecule is Cc1ccc(NC(=O)c2cc(Cl)ccc2OCc2ccc(C(=N)N3CCCC3)cc2)nc1. The Labute approximate surface area is 192 Å². The van der Waals surface area contributed by atoms with Crippen LogP contribution in [-0.4, -0.2) is 34.7 Å². The average Bonchev–Trinajstić information content (AvgIpc) is 3.34. The molecule has 0 aliphatic carbocycles.